The normalized spacial score (nSPS) is 19.5. The topological polar surface area (TPSA) is 320 Å². The zero-order valence-electron chi connectivity index (χ0n) is 23.3. The quantitative estimate of drug-likeness (QED) is 0.120. The fraction of sp³-hybridized carbons (Fsp3) is 0.500. The molecule has 242 valence electrons. The molecule has 1 rings (SSSR count). The summed E-state index contributed by atoms with van der Waals surface area (Å²) in [5.74, 6) is -8.39. The zero-order valence-corrected chi connectivity index (χ0v) is 23.3. The number of hydrogen-bond acceptors (Lipinski definition) is 11. The van der Waals surface area contributed by atoms with E-state index in [-0.39, 0.29) is 0 Å². The minimum Gasteiger partial charge on any atom is -0.346 e. The van der Waals surface area contributed by atoms with E-state index < -0.39 is 137 Å². The van der Waals surface area contributed by atoms with Crippen molar-refractivity contribution < 1.29 is 52.7 Å². The van der Waals surface area contributed by atoms with Gasteiger partial charge in [0.05, 0.1) is 72.0 Å². The highest BCUT2D eigenvalue weighted by molar-refractivity contribution is 5.94. The molecule has 0 aromatic rings. The van der Waals surface area contributed by atoms with Crippen LogP contribution in [0.15, 0.2) is 0 Å². The standard InChI is InChI=1S/C22H33N11O11/c34-12-1-23-13(35)2-25-15(37)4-27-17(39)6-29-19(41)8-31-21(43)10-33-22(44)11-32-20(42)9-30-18(40)7-28-16(38)5-26-14(36)3-24-12/h1-11H2,(H,23,35)(H,24,34)(H,25,37)(H,26,36)(H,27,39)(H,28,38)(H,29,41)(H,30,40)(H,31,43)(H,32,42)(H,33,44). The maximum Gasteiger partial charge on any atom is 0.239 e. The fourth-order valence-corrected chi connectivity index (χ4v) is 2.65. The summed E-state index contributed by atoms with van der Waals surface area (Å²) in [4.78, 5) is 130. The Balaban J connectivity index is 2.61. The SMILES string of the molecule is O=C1CNC(=O)CNC(=O)CNC(=O)CNC(=O)CNC(=O)CNC(=O)CNC(=O)CNC(=O)CNC(=O)CNC(=O)CN1. The summed E-state index contributed by atoms with van der Waals surface area (Å²) in [5, 5.41) is 24.0. The molecule has 0 aliphatic carbocycles. The molecule has 1 aliphatic rings. The summed E-state index contributed by atoms with van der Waals surface area (Å²) in [6.45, 7) is -5.97. The molecular formula is C22H33N11O11. The fourth-order valence-electron chi connectivity index (χ4n) is 2.65. The van der Waals surface area contributed by atoms with Gasteiger partial charge in [0.1, 0.15) is 0 Å². The molecule has 11 N–H and O–H groups in total. The van der Waals surface area contributed by atoms with Crippen LogP contribution < -0.4 is 58.5 Å². The lowest BCUT2D eigenvalue weighted by Gasteiger charge is -2.10. The molecule has 0 atom stereocenters. The van der Waals surface area contributed by atoms with Crippen LogP contribution in [0.4, 0.5) is 0 Å². The first-order valence-electron chi connectivity index (χ1n) is 12.8. The lowest BCUT2D eigenvalue weighted by molar-refractivity contribution is -0.130. The molecule has 0 unspecified atom stereocenters. The first kappa shape index (κ1) is 36.2. The van der Waals surface area contributed by atoms with E-state index in [2.05, 4.69) is 58.5 Å². The molecule has 0 aromatic heterocycles. The van der Waals surface area contributed by atoms with Crippen molar-refractivity contribution in [2.45, 2.75) is 0 Å². The van der Waals surface area contributed by atoms with Gasteiger partial charge >= 0.3 is 0 Å². The molecule has 1 heterocycles. The van der Waals surface area contributed by atoms with E-state index in [0.717, 1.165) is 0 Å². The summed E-state index contributed by atoms with van der Waals surface area (Å²) >= 11 is 0. The molecule has 1 fully saturated rings. The second kappa shape index (κ2) is 20.1. The van der Waals surface area contributed by atoms with E-state index in [9.17, 15) is 52.7 Å². The van der Waals surface area contributed by atoms with Gasteiger partial charge in [0.25, 0.3) is 0 Å². The number of hydrogen-bond donors (Lipinski definition) is 11. The van der Waals surface area contributed by atoms with E-state index in [1.54, 1.807) is 0 Å². The van der Waals surface area contributed by atoms with Gasteiger partial charge in [-0.15, -0.1) is 0 Å². The molecule has 1 saturated heterocycles. The van der Waals surface area contributed by atoms with Gasteiger partial charge < -0.3 is 58.5 Å². The Morgan fingerprint density at radius 3 is 0.318 bits per heavy atom. The third kappa shape index (κ3) is 18.5. The highest BCUT2D eigenvalue weighted by atomic mass is 16.2. The van der Waals surface area contributed by atoms with Crippen LogP contribution in [0.2, 0.25) is 0 Å². The van der Waals surface area contributed by atoms with E-state index in [4.69, 9.17) is 0 Å². The van der Waals surface area contributed by atoms with Crippen molar-refractivity contribution >= 4 is 65.0 Å². The van der Waals surface area contributed by atoms with Gasteiger partial charge in [-0.2, -0.15) is 0 Å². The Morgan fingerprint density at radius 2 is 0.250 bits per heavy atom. The van der Waals surface area contributed by atoms with Gasteiger partial charge in [0.2, 0.25) is 65.0 Å². The molecular weight excluding hydrogens is 594 g/mol. The third-order valence-electron chi connectivity index (χ3n) is 4.91. The maximum atomic E-state index is 11.8. The Labute approximate surface area is 248 Å². The molecule has 11 amide bonds. The van der Waals surface area contributed by atoms with Gasteiger partial charge in [0, 0.05) is 0 Å². The molecule has 0 radical (unpaired) electrons. The van der Waals surface area contributed by atoms with Crippen molar-refractivity contribution in [1.29, 1.82) is 0 Å². The summed E-state index contributed by atoms with van der Waals surface area (Å²) in [6.07, 6.45) is 0. The Kier molecular flexibility index (Phi) is 16.5. The predicted molar refractivity (Wildman–Crippen MR) is 143 cm³/mol. The van der Waals surface area contributed by atoms with E-state index in [0.29, 0.717) is 0 Å². The summed E-state index contributed by atoms with van der Waals surface area (Å²) < 4.78 is 0. The largest absolute Gasteiger partial charge is 0.346 e. The molecule has 0 saturated carbocycles. The molecule has 1 aliphatic heterocycles. The third-order valence-corrected chi connectivity index (χ3v) is 4.91. The molecule has 0 bridgehead atoms. The van der Waals surface area contributed by atoms with Crippen molar-refractivity contribution in [2.24, 2.45) is 0 Å². The molecule has 0 aromatic carbocycles. The monoisotopic (exact) mass is 627 g/mol. The first-order valence-corrected chi connectivity index (χ1v) is 12.8. The lowest BCUT2D eigenvalue weighted by Crippen LogP contribution is -2.47. The van der Waals surface area contributed by atoms with Crippen LogP contribution in [0.25, 0.3) is 0 Å². The van der Waals surface area contributed by atoms with Crippen LogP contribution >= 0.6 is 0 Å². The number of nitrogens with one attached hydrogen (secondary N) is 11. The van der Waals surface area contributed by atoms with Crippen molar-refractivity contribution in [1.82, 2.24) is 58.5 Å². The van der Waals surface area contributed by atoms with E-state index in [1.165, 1.54) is 0 Å². The second-order valence-electron chi connectivity index (χ2n) is 8.54. The van der Waals surface area contributed by atoms with Gasteiger partial charge in [0.15, 0.2) is 0 Å². The number of carbonyl (C=O) groups is 11. The smallest absolute Gasteiger partial charge is 0.239 e. The summed E-state index contributed by atoms with van der Waals surface area (Å²) in [6, 6.07) is 0. The minimum atomic E-state index is -0.763. The summed E-state index contributed by atoms with van der Waals surface area (Å²) in [5.41, 5.74) is 0. The highest BCUT2D eigenvalue weighted by Crippen LogP contribution is 1.76. The Hall–Kier alpha value is -5.83. The van der Waals surface area contributed by atoms with Crippen LogP contribution in [0.5, 0.6) is 0 Å². The molecule has 0 spiro atoms. The van der Waals surface area contributed by atoms with Gasteiger partial charge in [-0.1, -0.05) is 0 Å². The Morgan fingerprint density at radius 1 is 0.182 bits per heavy atom. The van der Waals surface area contributed by atoms with Crippen LogP contribution in [-0.4, -0.2) is 137 Å². The Bertz CT molecular complexity index is 788. The maximum absolute atomic E-state index is 11.8. The van der Waals surface area contributed by atoms with Crippen molar-refractivity contribution in [3.05, 3.63) is 0 Å². The van der Waals surface area contributed by atoms with Gasteiger partial charge in [-0.05, 0) is 0 Å². The van der Waals surface area contributed by atoms with Crippen LogP contribution in [0.3, 0.4) is 0 Å². The number of carbonyl (C=O) groups excluding carboxylic acids is 11. The first-order chi connectivity index (χ1) is 20.8. The van der Waals surface area contributed by atoms with E-state index in [1.807, 2.05) is 0 Å². The highest BCUT2D eigenvalue weighted by Gasteiger charge is 2.14. The van der Waals surface area contributed by atoms with Crippen molar-refractivity contribution in [3.8, 4) is 0 Å². The lowest BCUT2D eigenvalue weighted by atomic mass is 10.4. The summed E-state index contributed by atoms with van der Waals surface area (Å²) in [7, 11) is 0. The van der Waals surface area contributed by atoms with Crippen LogP contribution in [0, 0.1) is 0 Å². The van der Waals surface area contributed by atoms with Crippen LogP contribution in [0.1, 0.15) is 0 Å². The molecule has 22 nitrogen and oxygen atoms in total. The van der Waals surface area contributed by atoms with Crippen molar-refractivity contribution in [2.75, 3.05) is 72.0 Å². The van der Waals surface area contributed by atoms with E-state index >= 15 is 0 Å². The zero-order chi connectivity index (χ0) is 32.9. The average Bonchev–Trinajstić information content (AvgIpc) is 3.00. The molecule has 22 heteroatoms. The predicted octanol–water partition coefficient (Wildman–Crippen LogP) is -9.72. The van der Waals surface area contributed by atoms with Crippen molar-refractivity contribution in [3.63, 3.8) is 0 Å². The number of rotatable bonds is 0. The second-order valence-corrected chi connectivity index (χ2v) is 8.54. The van der Waals surface area contributed by atoms with Gasteiger partial charge in [-0.25, -0.2) is 0 Å². The molecule has 44 heavy (non-hydrogen) atoms. The number of amides is 11. The van der Waals surface area contributed by atoms with Crippen LogP contribution in [-0.2, 0) is 52.7 Å². The average molecular weight is 628 g/mol. The van der Waals surface area contributed by atoms with Gasteiger partial charge in [-0.3, -0.25) is 52.7 Å². The minimum absolute atomic E-state index is 0.542.